The lowest BCUT2D eigenvalue weighted by atomic mass is 10.2. The first-order valence-corrected chi connectivity index (χ1v) is 7.48. The predicted octanol–water partition coefficient (Wildman–Crippen LogP) is 2.30. The van der Waals surface area contributed by atoms with Crippen LogP contribution in [0.25, 0.3) is 0 Å². The number of pyridine rings is 1. The first-order valence-electron chi connectivity index (χ1n) is 7.48. The second kappa shape index (κ2) is 8.31. The molecule has 1 heterocycles. The van der Waals surface area contributed by atoms with Gasteiger partial charge >= 0.3 is 6.09 Å². The maximum absolute atomic E-state index is 12.0. The Hall–Kier alpha value is -2.59. The highest BCUT2D eigenvalue weighted by molar-refractivity contribution is 5.91. The van der Waals surface area contributed by atoms with Gasteiger partial charge in [-0.25, -0.2) is 9.78 Å². The van der Waals surface area contributed by atoms with Crippen LogP contribution in [0, 0.1) is 11.8 Å². The minimum Gasteiger partial charge on any atom is -0.444 e. The molecule has 0 aliphatic carbocycles. The van der Waals surface area contributed by atoms with Crippen molar-refractivity contribution in [3.05, 3.63) is 17.8 Å². The van der Waals surface area contributed by atoms with Gasteiger partial charge in [0.2, 0.25) is 5.91 Å². The van der Waals surface area contributed by atoms with E-state index in [4.69, 9.17) is 4.74 Å². The van der Waals surface area contributed by atoms with Crippen LogP contribution in [0.4, 0.5) is 16.3 Å². The van der Waals surface area contributed by atoms with Gasteiger partial charge in [0, 0.05) is 19.2 Å². The Labute approximate surface area is 142 Å². The van der Waals surface area contributed by atoms with Gasteiger partial charge in [0.15, 0.2) is 0 Å². The molecule has 7 nitrogen and oxygen atoms in total. The van der Waals surface area contributed by atoms with Crippen LogP contribution in [-0.4, -0.2) is 48.1 Å². The van der Waals surface area contributed by atoms with Gasteiger partial charge in [-0.2, -0.15) is 0 Å². The van der Waals surface area contributed by atoms with Crippen molar-refractivity contribution in [3.63, 3.8) is 0 Å². The van der Waals surface area contributed by atoms with Crippen LogP contribution >= 0.6 is 0 Å². The minimum atomic E-state index is -0.617. The Morgan fingerprint density at radius 2 is 1.96 bits per heavy atom. The van der Waals surface area contributed by atoms with Crippen LogP contribution in [0.15, 0.2) is 12.3 Å². The molecule has 0 bridgehead atoms. The summed E-state index contributed by atoms with van der Waals surface area (Å²) in [6.07, 6.45) is 0.902. The summed E-state index contributed by atoms with van der Waals surface area (Å²) >= 11 is 0. The fourth-order valence-corrected chi connectivity index (χ4v) is 1.61. The number of nitrogens with one attached hydrogen (secondary N) is 2. The molecule has 0 atom stereocenters. The number of hydrogen-bond donors (Lipinski definition) is 2. The van der Waals surface area contributed by atoms with E-state index in [0.717, 1.165) is 0 Å². The molecule has 0 saturated heterocycles. The van der Waals surface area contributed by atoms with E-state index in [0.29, 0.717) is 23.6 Å². The number of hydrogen-bond acceptors (Lipinski definition) is 5. The van der Waals surface area contributed by atoms with Gasteiger partial charge in [-0.15, -0.1) is 0 Å². The fraction of sp³-hybridized carbons (Fsp3) is 0.471. The average Bonchev–Trinajstić information content (AvgIpc) is 2.37. The number of nitrogens with zero attached hydrogens (tertiary/aromatic N) is 2. The molecule has 1 aromatic rings. The molecule has 0 aliphatic heterocycles. The molecule has 1 aromatic heterocycles. The summed E-state index contributed by atoms with van der Waals surface area (Å²) in [5, 5.41) is 5.22. The quantitative estimate of drug-likeness (QED) is 0.830. The third kappa shape index (κ3) is 7.61. The second-order valence-corrected chi connectivity index (χ2v) is 6.46. The third-order valence-corrected chi connectivity index (χ3v) is 2.46. The third-order valence-electron chi connectivity index (χ3n) is 2.46. The molecule has 0 unspecified atom stereocenters. The van der Waals surface area contributed by atoms with E-state index in [1.54, 1.807) is 26.8 Å². The van der Waals surface area contributed by atoms with Gasteiger partial charge in [0.05, 0.1) is 17.8 Å². The Kier molecular flexibility index (Phi) is 6.74. The molecule has 0 aromatic carbocycles. The zero-order chi connectivity index (χ0) is 18.3. The maximum atomic E-state index is 12.0. The summed E-state index contributed by atoms with van der Waals surface area (Å²) in [4.78, 5) is 29.2. The monoisotopic (exact) mass is 332 g/mol. The van der Waals surface area contributed by atoms with Gasteiger partial charge < -0.3 is 10.1 Å². The number of rotatable bonds is 3. The van der Waals surface area contributed by atoms with Crippen molar-refractivity contribution in [2.24, 2.45) is 0 Å². The van der Waals surface area contributed by atoms with Gasteiger partial charge in [-0.3, -0.25) is 15.0 Å². The topological polar surface area (TPSA) is 83.6 Å². The van der Waals surface area contributed by atoms with E-state index in [1.165, 1.54) is 13.1 Å². The van der Waals surface area contributed by atoms with Crippen LogP contribution in [0.1, 0.15) is 33.3 Å². The molecule has 0 spiro atoms. The molecule has 0 aliphatic rings. The van der Waals surface area contributed by atoms with Crippen molar-refractivity contribution in [3.8, 4) is 11.8 Å². The standard InChI is InChI=1S/C17H24N4O3/c1-12(22)19-15-10-14(20-16(23)24-17(2,3)4)13(11-18-15)8-7-9-21(5)6/h10-11H,9H2,1-6H3,(H2,18,19,20,22,23). The molecule has 1 rings (SSSR count). The smallest absolute Gasteiger partial charge is 0.412 e. The van der Waals surface area contributed by atoms with Crippen molar-refractivity contribution in [1.82, 2.24) is 9.88 Å². The fourth-order valence-electron chi connectivity index (χ4n) is 1.61. The molecule has 0 saturated carbocycles. The normalized spacial score (nSPS) is 10.6. The Morgan fingerprint density at radius 1 is 1.29 bits per heavy atom. The number of anilines is 2. The maximum Gasteiger partial charge on any atom is 0.412 e. The summed E-state index contributed by atoms with van der Waals surface area (Å²) in [5.74, 6) is 6.01. The first-order chi connectivity index (χ1) is 11.1. The second-order valence-electron chi connectivity index (χ2n) is 6.46. The van der Waals surface area contributed by atoms with Crippen molar-refractivity contribution in [1.29, 1.82) is 0 Å². The van der Waals surface area contributed by atoms with Gasteiger partial charge in [0.25, 0.3) is 0 Å². The molecule has 2 N–H and O–H groups in total. The molecular weight excluding hydrogens is 308 g/mol. The first kappa shape index (κ1) is 19.5. The zero-order valence-corrected chi connectivity index (χ0v) is 15.0. The van der Waals surface area contributed by atoms with Crippen LogP contribution < -0.4 is 10.6 Å². The summed E-state index contributed by atoms with van der Waals surface area (Å²) in [6.45, 7) is 7.28. The minimum absolute atomic E-state index is 0.253. The highest BCUT2D eigenvalue weighted by Crippen LogP contribution is 2.19. The van der Waals surface area contributed by atoms with E-state index < -0.39 is 11.7 Å². The molecule has 0 fully saturated rings. The lowest BCUT2D eigenvalue weighted by molar-refractivity contribution is -0.114. The Balaban J connectivity index is 3.06. The summed E-state index contributed by atoms with van der Waals surface area (Å²) < 4.78 is 5.25. The van der Waals surface area contributed by atoms with Crippen LogP contribution in [0.2, 0.25) is 0 Å². The molecule has 24 heavy (non-hydrogen) atoms. The number of carbonyl (C=O) groups is 2. The SMILES string of the molecule is CC(=O)Nc1cc(NC(=O)OC(C)(C)C)c(C#CCN(C)C)cn1. The van der Waals surface area contributed by atoms with Gasteiger partial charge in [-0.1, -0.05) is 11.8 Å². The van der Waals surface area contributed by atoms with E-state index in [9.17, 15) is 9.59 Å². The highest BCUT2D eigenvalue weighted by Gasteiger charge is 2.17. The Morgan fingerprint density at radius 3 is 2.50 bits per heavy atom. The highest BCUT2D eigenvalue weighted by atomic mass is 16.6. The zero-order valence-electron chi connectivity index (χ0n) is 15.0. The average molecular weight is 332 g/mol. The van der Waals surface area contributed by atoms with Crippen LogP contribution in [-0.2, 0) is 9.53 Å². The van der Waals surface area contributed by atoms with E-state index in [-0.39, 0.29) is 5.91 Å². The van der Waals surface area contributed by atoms with E-state index >= 15 is 0 Å². The lowest BCUT2D eigenvalue weighted by Gasteiger charge is -2.20. The Bertz CT molecular complexity index is 667. The molecule has 2 amide bonds. The summed E-state index contributed by atoms with van der Waals surface area (Å²) in [5.41, 5.74) is 0.347. The molecule has 0 radical (unpaired) electrons. The van der Waals surface area contributed by atoms with Crippen LogP contribution in [0.3, 0.4) is 0 Å². The number of carbonyl (C=O) groups excluding carboxylic acids is 2. The van der Waals surface area contributed by atoms with Crippen molar-refractivity contribution in [2.75, 3.05) is 31.3 Å². The molecule has 7 heteroatoms. The van der Waals surface area contributed by atoms with E-state index in [2.05, 4.69) is 27.5 Å². The summed E-state index contributed by atoms with van der Waals surface area (Å²) in [6, 6.07) is 1.55. The summed E-state index contributed by atoms with van der Waals surface area (Å²) in [7, 11) is 3.82. The molecule has 130 valence electrons. The number of aromatic nitrogens is 1. The van der Waals surface area contributed by atoms with Crippen LogP contribution in [0.5, 0.6) is 0 Å². The van der Waals surface area contributed by atoms with Gasteiger partial charge in [0.1, 0.15) is 11.4 Å². The number of ether oxygens (including phenoxy) is 1. The van der Waals surface area contributed by atoms with Gasteiger partial charge in [-0.05, 0) is 34.9 Å². The van der Waals surface area contributed by atoms with Crippen molar-refractivity contribution >= 4 is 23.5 Å². The largest absolute Gasteiger partial charge is 0.444 e. The lowest BCUT2D eigenvalue weighted by Crippen LogP contribution is -2.27. The number of amides is 2. The van der Waals surface area contributed by atoms with Crippen molar-refractivity contribution in [2.45, 2.75) is 33.3 Å². The molecular formula is C17H24N4O3. The predicted molar refractivity (Wildman–Crippen MR) is 93.8 cm³/mol. The van der Waals surface area contributed by atoms with E-state index in [1.807, 2.05) is 19.0 Å². The van der Waals surface area contributed by atoms with Crippen molar-refractivity contribution < 1.29 is 14.3 Å².